The van der Waals surface area contributed by atoms with Gasteiger partial charge in [-0.25, -0.2) is 0 Å². The molecular weight excluding hydrogens is 216 g/mol. The van der Waals surface area contributed by atoms with Gasteiger partial charge >= 0.3 is 0 Å². The van der Waals surface area contributed by atoms with Crippen molar-refractivity contribution in [3.8, 4) is 5.75 Å². The molecule has 1 aromatic carbocycles. The monoisotopic (exact) mass is 232 g/mol. The standard InChI is InChI=1S/C13H16N2O2/c1-9-7-11(10(2)14)3-4-13(9)16-8-12-5-6-15-17-12/h3-7,10H,8,14H2,1-2H3/t10-/m1/s1. The Morgan fingerprint density at radius 3 is 2.82 bits per heavy atom. The summed E-state index contributed by atoms with van der Waals surface area (Å²) in [6.45, 7) is 4.35. The van der Waals surface area contributed by atoms with Gasteiger partial charge in [0.15, 0.2) is 5.76 Å². The summed E-state index contributed by atoms with van der Waals surface area (Å²) in [5, 5.41) is 3.62. The largest absolute Gasteiger partial charge is 0.485 e. The van der Waals surface area contributed by atoms with E-state index in [1.165, 1.54) is 0 Å². The molecule has 1 atom stereocenters. The number of nitrogens with two attached hydrogens (primary N) is 1. The molecule has 0 aliphatic rings. The average molecular weight is 232 g/mol. The SMILES string of the molecule is Cc1cc([C@@H](C)N)ccc1OCc1ccno1. The topological polar surface area (TPSA) is 61.3 Å². The zero-order valence-corrected chi connectivity index (χ0v) is 10.0. The van der Waals surface area contributed by atoms with E-state index in [4.69, 9.17) is 15.0 Å². The van der Waals surface area contributed by atoms with Crippen LogP contribution in [-0.2, 0) is 6.61 Å². The second-order valence-corrected chi connectivity index (χ2v) is 4.08. The van der Waals surface area contributed by atoms with E-state index in [0.717, 1.165) is 16.9 Å². The van der Waals surface area contributed by atoms with Crippen LogP contribution in [0.4, 0.5) is 0 Å². The van der Waals surface area contributed by atoms with Crippen molar-refractivity contribution in [1.82, 2.24) is 5.16 Å². The van der Waals surface area contributed by atoms with Crippen molar-refractivity contribution < 1.29 is 9.26 Å². The summed E-state index contributed by atoms with van der Waals surface area (Å²) in [6, 6.07) is 7.78. The van der Waals surface area contributed by atoms with Gasteiger partial charge in [0.25, 0.3) is 0 Å². The predicted molar refractivity (Wildman–Crippen MR) is 64.6 cm³/mol. The number of aryl methyl sites for hydroxylation is 1. The number of benzene rings is 1. The summed E-state index contributed by atoms with van der Waals surface area (Å²) in [4.78, 5) is 0. The lowest BCUT2D eigenvalue weighted by atomic mass is 10.1. The van der Waals surface area contributed by atoms with Crippen molar-refractivity contribution in [2.75, 3.05) is 0 Å². The Hall–Kier alpha value is -1.81. The molecule has 0 saturated heterocycles. The van der Waals surface area contributed by atoms with E-state index in [0.29, 0.717) is 12.4 Å². The maximum Gasteiger partial charge on any atom is 0.174 e. The van der Waals surface area contributed by atoms with Crippen LogP contribution in [0.3, 0.4) is 0 Å². The Morgan fingerprint density at radius 1 is 1.41 bits per heavy atom. The van der Waals surface area contributed by atoms with Crippen molar-refractivity contribution in [1.29, 1.82) is 0 Å². The van der Waals surface area contributed by atoms with Gasteiger partial charge in [-0.3, -0.25) is 0 Å². The van der Waals surface area contributed by atoms with Gasteiger partial charge in [-0.1, -0.05) is 17.3 Å². The molecule has 0 amide bonds. The van der Waals surface area contributed by atoms with Gasteiger partial charge in [-0.2, -0.15) is 0 Å². The van der Waals surface area contributed by atoms with Crippen LogP contribution in [0.5, 0.6) is 5.75 Å². The van der Waals surface area contributed by atoms with Gasteiger partial charge in [0.1, 0.15) is 12.4 Å². The molecule has 1 heterocycles. The number of hydrogen-bond donors (Lipinski definition) is 1. The van der Waals surface area contributed by atoms with Crippen molar-refractivity contribution in [2.45, 2.75) is 26.5 Å². The van der Waals surface area contributed by atoms with Crippen LogP contribution in [0, 0.1) is 6.92 Å². The molecule has 90 valence electrons. The number of rotatable bonds is 4. The minimum atomic E-state index is 0.0389. The zero-order chi connectivity index (χ0) is 12.3. The second-order valence-electron chi connectivity index (χ2n) is 4.08. The van der Waals surface area contributed by atoms with Crippen LogP contribution >= 0.6 is 0 Å². The molecule has 2 rings (SSSR count). The molecule has 0 radical (unpaired) electrons. The van der Waals surface area contributed by atoms with E-state index in [2.05, 4.69) is 5.16 Å². The lowest BCUT2D eigenvalue weighted by molar-refractivity contribution is 0.248. The number of ether oxygens (including phenoxy) is 1. The number of hydrogen-bond acceptors (Lipinski definition) is 4. The molecule has 4 heteroatoms. The van der Waals surface area contributed by atoms with Crippen molar-refractivity contribution in [3.63, 3.8) is 0 Å². The molecule has 0 bridgehead atoms. The maximum absolute atomic E-state index is 5.82. The third kappa shape index (κ3) is 2.85. The van der Waals surface area contributed by atoms with Gasteiger partial charge in [0.05, 0.1) is 6.20 Å². The van der Waals surface area contributed by atoms with E-state index < -0.39 is 0 Å². The minimum absolute atomic E-state index is 0.0389. The summed E-state index contributed by atoms with van der Waals surface area (Å²) in [5.41, 5.74) is 7.99. The summed E-state index contributed by atoms with van der Waals surface area (Å²) in [5.74, 6) is 1.55. The summed E-state index contributed by atoms with van der Waals surface area (Å²) >= 11 is 0. The predicted octanol–water partition coefficient (Wildman–Crippen LogP) is 2.58. The molecule has 1 aromatic heterocycles. The summed E-state index contributed by atoms with van der Waals surface area (Å²) in [6.07, 6.45) is 1.60. The second kappa shape index (κ2) is 5.01. The van der Waals surface area contributed by atoms with Crippen LogP contribution < -0.4 is 10.5 Å². The Balaban J connectivity index is 2.06. The molecular formula is C13H16N2O2. The van der Waals surface area contributed by atoms with E-state index in [9.17, 15) is 0 Å². The Morgan fingerprint density at radius 2 is 2.24 bits per heavy atom. The molecule has 0 aliphatic heterocycles. The normalized spacial score (nSPS) is 12.4. The average Bonchev–Trinajstić information content (AvgIpc) is 2.80. The Bertz CT molecular complexity index is 478. The molecule has 0 unspecified atom stereocenters. The first kappa shape index (κ1) is 11.7. The molecule has 4 nitrogen and oxygen atoms in total. The van der Waals surface area contributed by atoms with Gasteiger partial charge in [0.2, 0.25) is 0 Å². The molecule has 2 aromatic rings. The van der Waals surface area contributed by atoms with Crippen molar-refractivity contribution >= 4 is 0 Å². The van der Waals surface area contributed by atoms with Gasteiger partial charge in [-0.05, 0) is 31.0 Å². The fourth-order valence-corrected chi connectivity index (χ4v) is 1.58. The number of nitrogens with zero attached hydrogens (tertiary/aromatic N) is 1. The first-order valence-corrected chi connectivity index (χ1v) is 5.55. The molecule has 17 heavy (non-hydrogen) atoms. The highest BCUT2D eigenvalue weighted by molar-refractivity contribution is 5.37. The lowest BCUT2D eigenvalue weighted by Gasteiger charge is -2.11. The minimum Gasteiger partial charge on any atom is -0.485 e. The van der Waals surface area contributed by atoms with Crippen LogP contribution in [-0.4, -0.2) is 5.16 Å². The first-order chi connectivity index (χ1) is 8.16. The lowest BCUT2D eigenvalue weighted by Crippen LogP contribution is -2.05. The van der Waals surface area contributed by atoms with Crippen molar-refractivity contribution in [2.24, 2.45) is 5.73 Å². The fraction of sp³-hybridized carbons (Fsp3) is 0.308. The molecule has 0 aliphatic carbocycles. The molecule has 2 N–H and O–H groups in total. The first-order valence-electron chi connectivity index (χ1n) is 5.55. The van der Waals surface area contributed by atoms with Crippen LogP contribution in [0.25, 0.3) is 0 Å². The molecule has 0 spiro atoms. The van der Waals surface area contributed by atoms with Crippen LogP contribution in [0.2, 0.25) is 0 Å². The third-order valence-corrected chi connectivity index (χ3v) is 2.59. The quantitative estimate of drug-likeness (QED) is 0.880. The van der Waals surface area contributed by atoms with Crippen LogP contribution in [0.15, 0.2) is 35.0 Å². The number of aromatic nitrogens is 1. The highest BCUT2D eigenvalue weighted by Crippen LogP contribution is 2.22. The molecule has 0 fully saturated rings. The van der Waals surface area contributed by atoms with Gasteiger partial charge in [0, 0.05) is 12.1 Å². The molecule has 0 saturated carbocycles. The highest BCUT2D eigenvalue weighted by Gasteiger charge is 2.05. The zero-order valence-electron chi connectivity index (χ0n) is 10.0. The third-order valence-electron chi connectivity index (χ3n) is 2.59. The van der Waals surface area contributed by atoms with E-state index >= 15 is 0 Å². The van der Waals surface area contributed by atoms with Crippen molar-refractivity contribution in [3.05, 3.63) is 47.3 Å². The van der Waals surface area contributed by atoms with E-state index in [-0.39, 0.29) is 6.04 Å². The Labute approximate surface area is 100 Å². The van der Waals surface area contributed by atoms with E-state index in [1.54, 1.807) is 12.3 Å². The van der Waals surface area contributed by atoms with Gasteiger partial charge < -0.3 is 15.0 Å². The fourth-order valence-electron chi connectivity index (χ4n) is 1.58. The maximum atomic E-state index is 5.82. The smallest absolute Gasteiger partial charge is 0.174 e. The Kier molecular flexibility index (Phi) is 3.44. The summed E-state index contributed by atoms with van der Waals surface area (Å²) < 4.78 is 10.6. The van der Waals surface area contributed by atoms with Gasteiger partial charge in [-0.15, -0.1) is 0 Å². The summed E-state index contributed by atoms with van der Waals surface area (Å²) in [7, 11) is 0. The highest BCUT2D eigenvalue weighted by atomic mass is 16.5. The van der Waals surface area contributed by atoms with E-state index in [1.807, 2.05) is 32.0 Å². The van der Waals surface area contributed by atoms with Crippen LogP contribution in [0.1, 0.15) is 29.9 Å².